The van der Waals surface area contributed by atoms with Gasteiger partial charge in [0.25, 0.3) is 0 Å². The number of benzene rings is 1. The van der Waals surface area contributed by atoms with E-state index in [-0.39, 0.29) is 18.1 Å². The van der Waals surface area contributed by atoms with Crippen molar-refractivity contribution >= 4 is 17.7 Å². The molecule has 1 aliphatic rings. The van der Waals surface area contributed by atoms with E-state index in [0.717, 1.165) is 36.9 Å². The molecule has 0 bridgehead atoms. The maximum atomic E-state index is 12.3. The number of carbonyl (C=O) groups excluding carboxylic acids is 1. The standard InChI is InChI=1S/C21H31N5O2S/c1-4-18(25(2)3)20-23-24-21(26(20)14-16-9-6-5-7-10-16)29-15-19(27)22-13-17-11-8-12-28-17/h5-7,9-10,17-18H,4,8,11-15H2,1-3H3,(H,22,27)/t17-,18-/m1/s1. The zero-order chi connectivity index (χ0) is 20.6. The first-order chi connectivity index (χ1) is 14.1. The van der Waals surface area contributed by atoms with Crippen LogP contribution in [0, 0.1) is 0 Å². The lowest BCUT2D eigenvalue weighted by atomic mass is 10.2. The molecule has 0 radical (unpaired) electrons. The molecule has 2 atom stereocenters. The maximum Gasteiger partial charge on any atom is 0.230 e. The number of amides is 1. The van der Waals surface area contributed by atoms with Gasteiger partial charge in [0.2, 0.25) is 5.91 Å². The highest BCUT2D eigenvalue weighted by atomic mass is 32.2. The number of aromatic nitrogens is 3. The van der Waals surface area contributed by atoms with Crippen molar-refractivity contribution in [3.05, 3.63) is 41.7 Å². The van der Waals surface area contributed by atoms with Crippen molar-refractivity contribution < 1.29 is 9.53 Å². The minimum atomic E-state index is 0.000891. The van der Waals surface area contributed by atoms with Crippen LogP contribution < -0.4 is 5.32 Å². The van der Waals surface area contributed by atoms with E-state index >= 15 is 0 Å². The second kappa shape index (κ2) is 10.8. The summed E-state index contributed by atoms with van der Waals surface area (Å²) in [6.45, 7) is 4.22. The molecule has 1 saturated heterocycles. The van der Waals surface area contributed by atoms with Crippen molar-refractivity contribution in [2.45, 2.75) is 50.0 Å². The van der Waals surface area contributed by atoms with E-state index in [0.29, 0.717) is 18.8 Å². The number of hydrogen-bond donors (Lipinski definition) is 1. The van der Waals surface area contributed by atoms with E-state index in [1.807, 2.05) is 18.2 Å². The largest absolute Gasteiger partial charge is 0.376 e. The molecule has 29 heavy (non-hydrogen) atoms. The van der Waals surface area contributed by atoms with Gasteiger partial charge >= 0.3 is 0 Å². The van der Waals surface area contributed by atoms with Gasteiger partial charge in [0.1, 0.15) is 0 Å². The molecule has 1 fully saturated rings. The number of nitrogens with one attached hydrogen (secondary N) is 1. The van der Waals surface area contributed by atoms with Gasteiger partial charge in [0.05, 0.1) is 24.4 Å². The molecular formula is C21H31N5O2S. The molecule has 1 N–H and O–H groups in total. The Morgan fingerprint density at radius 3 is 2.79 bits per heavy atom. The van der Waals surface area contributed by atoms with Crippen LogP contribution in [-0.4, -0.2) is 64.7 Å². The number of thioether (sulfide) groups is 1. The van der Waals surface area contributed by atoms with Gasteiger partial charge in [0, 0.05) is 13.2 Å². The topological polar surface area (TPSA) is 72.3 Å². The molecule has 3 rings (SSSR count). The minimum absolute atomic E-state index is 0.000891. The van der Waals surface area contributed by atoms with Crippen LogP contribution >= 0.6 is 11.8 Å². The van der Waals surface area contributed by atoms with E-state index < -0.39 is 0 Å². The Labute approximate surface area is 177 Å². The fourth-order valence-corrected chi connectivity index (χ4v) is 4.34. The van der Waals surface area contributed by atoms with E-state index in [4.69, 9.17) is 4.74 Å². The molecule has 0 aliphatic carbocycles. The SMILES string of the molecule is CC[C@H](c1nnc(SCC(=O)NC[C@H]2CCCO2)n1Cc1ccccc1)N(C)C. The minimum Gasteiger partial charge on any atom is -0.376 e. The third kappa shape index (κ3) is 6.04. The molecule has 0 saturated carbocycles. The first-order valence-electron chi connectivity index (χ1n) is 10.2. The zero-order valence-electron chi connectivity index (χ0n) is 17.5. The van der Waals surface area contributed by atoms with Gasteiger partial charge in [-0.2, -0.15) is 0 Å². The van der Waals surface area contributed by atoms with Gasteiger partial charge in [-0.3, -0.25) is 9.69 Å². The van der Waals surface area contributed by atoms with E-state index in [1.54, 1.807) is 0 Å². The van der Waals surface area contributed by atoms with Gasteiger partial charge in [-0.05, 0) is 38.9 Å². The molecule has 8 heteroatoms. The zero-order valence-corrected chi connectivity index (χ0v) is 18.3. The summed E-state index contributed by atoms with van der Waals surface area (Å²) in [5.74, 6) is 1.25. The highest BCUT2D eigenvalue weighted by Gasteiger charge is 2.23. The van der Waals surface area contributed by atoms with E-state index in [9.17, 15) is 4.79 Å². The van der Waals surface area contributed by atoms with E-state index in [2.05, 4.69) is 58.1 Å². The molecule has 1 aromatic carbocycles. The third-order valence-corrected chi connectivity index (χ3v) is 6.09. The van der Waals surface area contributed by atoms with Crippen molar-refractivity contribution in [1.29, 1.82) is 0 Å². The number of ether oxygens (including phenoxy) is 1. The summed E-state index contributed by atoms with van der Waals surface area (Å²) in [5.41, 5.74) is 1.19. The van der Waals surface area contributed by atoms with Crippen LogP contribution in [0.4, 0.5) is 0 Å². The number of carbonyl (C=O) groups is 1. The maximum absolute atomic E-state index is 12.3. The first kappa shape index (κ1) is 21.8. The molecule has 7 nitrogen and oxygen atoms in total. The molecular weight excluding hydrogens is 386 g/mol. The average Bonchev–Trinajstić information content (AvgIpc) is 3.37. The Morgan fingerprint density at radius 1 is 1.34 bits per heavy atom. The summed E-state index contributed by atoms with van der Waals surface area (Å²) < 4.78 is 7.70. The second-order valence-electron chi connectivity index (χ2n) is 7.53. The average molecular weight is 418 g/mol. The predicted octanol–water partition coefficient (Wildman–Crippen LogP) is 2.73. The van der Waals surface area contributed by atoms with Crippen LogP contribution in [0.15, 0.2) is 35.5 Å². The number of nitrogens with zero attached hydrogens (tertiary/aromatic N) is 4. The van der Waals surface area contributed by atoms with Crippen LogP contribution in [0.25, 0.3) is 0 Å². The summed E-state index contributed by atoms with van der Waals surface area (Å²) in [6.07, 6.45) is 3.19. The van der Waals surface area contributed by atoms with E-state index in [1.165, 1.54) is 17.3 Å². The number of rotatable bonds is 10. The van der Waals surface area contributed by atoms with Crippen LogP contribution in [0.1, 0.15) is 43.6 Å². The second-order valence-corrected chi connectivity index (χ2v) is 8.47. The molecule has 2 heterocycles. The van der Waals surface area contributed by atoms with Gasteiger partial charge < -0.3 is 14.6 Å². The van der Waals surface area contributed by atoms with Crippen molar-refractivity contribution in [3.8, 4) is 0 Å². The summed E-state index contributed by atoms with van der Waals surface area (Å²) in [6, 6.07) is 10.5. The van der Waals surface area contributed by atoms with Crippen molar-refractivity contribution in [3.63, 3.8) is 0 Å². The smallest absolute Gasteiger partial charge is 0.230 e. The summed E-state index contributed by atoms with van der Waals surface area (Å²) >= 11 is 1.44. The van der Waals surface area contributed by atoms with Crippen LogP contribution in [0.2, 0.25) is 0 Å². The van der Waals surface area contributed by atoms with Crippen molar-refractivity contribution in [1.82, 2.24) is 25.0 Å². The first-order valence-corrected chi connectivity index (χ1v) is 11.2. The lowest BCUT2D eigenvalue weighted by Gasteiger charge is -2.23. The van der Waals surface area contributed by atoms with Crippen LogP contribution in [0.3, 0.4) is 0 Å². The molecule has 1 amide bonds. The highest BCUT2D eigenvalue weighted by molar-refractivity contribution is 7.99. The molecule has 0 unspecified atom stereocenters. The lowest BCUT2D eigenvalue weighted by Crippen LogP contribution is -2.33. The Balaban J connectivity index is 1.69. The highest BCUT2D eigenvalue weighted by Crippen LogP contribution is 2.26. The van der Waals surface area contributed by atoms with Gasteiger partial charge in [0.15, 0.2) is 11.0 Å². The molecule has 2 aromatic rings. The quantitative estimate of drug-likeness (QED) is 0.600. The third-order valence-electron chi connectivity index (χ3n) is 5.12. The Kier molecular flexibility index (Phi) is 8.09. The lowest BCUT2D eigenvalue weighted by molar-refractivity contribution is -0.119. The fourth-order valence-electron chi connectivity index (χ4n) is 3.56. The van der Waals surface area contributed by atoms with Gasteiger partial charge in [-0.1, -0.05) is 49.0 Å². The molecule has 1 aromatic heterocycles. The normalized spacial score (nSPS) is 17.6. The summed E-state index contributed by atoms with van der Waals surface area (Å²) in [4.78, 5) is 14.5. The number of hydrogen-bond acceptors (Lipinski definition) is 6. The Hall–Kier alpha value is -1.90. The van der Waals surface area contributed by atoms with Crippen LogP contribution in [0.5, 0.6) is 0 Å². The summed E-state index contributed by atoms with van der Waals surface area (Å²) in [5, 5.41) is 12.7. The summed E-state index contributed by atoms with van der Waals surface area (Å²) in [7, 11) is 4.11. The Bertz CT molecular complexity index is 775. The van der Waals surface area contributed by atoms with Crippen molar-refractivity contribution in [2.75, 3.05) is 33.0 Å². The van der Waals surface area contributed by atoms with Gasteiger partial charge in [-0.25, -0.2) is 0 Å². The molecule has 1 aliphatic heterocycles. The molecule has 0 spiro atoms. The van der Waals surface area contributed by atoms with Crippen molar-refractivity contribution in [2.24, 2.45) is 0 Å². The monoisotopic (exact) mass is 417 g/mol. The van der Waals surface area contributed by atoms with Gasteiger partial charge in [-0.15, -0.1) is 10.2 Å². The predicted molar refractivity (Wildman–Crippen MR) is 115 cm³/mol. The van der Waals surface area contributed by atoms with Crippen LogP contribution in [-0.2, 0) is 16.1 Å². The fraction of sp³-hybridized carbons (Fsp3) is 0.571. The Morgan fingerprint density at radius 2 is 2.14 bits per heavy atom. The molecule has 158 valence electrons.